The molecular formula is C14H11ClN4O5. The number of rotatable bonds is 4. The van der Waals surface area contributed by atoms with Gasteiger partial charge in [0.2, 0.25) is 5.91 Å². The fourth-order valence-corrected chi connectivity index (χ4v) is 2.80. The number of hydrazone groups is 1. The zero-order valence-corrected chi connectivity index (χ0v) is 13.1. The van der Waals surface area contributed by atoms with Gasteiger partial charge in [0, 0.05) is 5.02 Å². The fourth-order valence-electron chi connectivity index (χ4n) is 2.68. The molecule has 2 atom stereocenters. The molecule has 0 saturated carbocycles. The molecule has 0 aliphatic carbocycles. The summed E-state index contributed by atoms with van der Waals surface area (Å²) in [7, 11) is 0. The van der Waals surface area contributed by atoms with E-state index in [-0.39, 0.29) is 18.0 Å². The first kappa shape index (κ1) is 16.1. The summed E-state index contributed by atoms with van der Waals surface area (Å²) in [6.45, 7) is 1.65. The predicted molar refractivity (Wildman–Crippen MR) is 82.9 cm³/mol. The molecule has 0 unspecified atom stereocenters. The van der Waals surface area contributed by atoms with E-state index < -0.39 is 29.7 Å². The van der Waals surface area contributed by atoms with Gasteiger partial charge in [0.1, 0.15) is 5.92 Å². The summed E-state index contributed by atoms with van der Waals surface area (Å²) in [5.74, 6) is -3.47. The molecule has 24 heavy (non-hydrogen) atoms. The average molecular weight is 351 g/mol. The van der Waals surface area contributed by atoms with Gasteiger partial charge in [-0.3, -0.25) is 9.59 Å². The Morgan fingerprint density at radius 3 is 2.54 bits per heavy atom. The van der Waals surface area contributed by atoms with Gasteiger partial charge in [0.05, 0.1) is 17.6 Å². The van der Waals surface area contributed by atoms with Crippen molar-refractivity contribution in [2.45, 2.75) is 13.0 Å². The van der Waals surface area contributed by atoms with Crippen molar-refractivity contribution in [3.8, 4) is 0 Å². The lowest BCUT2D eigenvalue weighted by atomic mass is 9.98. The molecular weight excluding hydrogens is 340 g/mol. The molecule has 10 heteroatoms. The van der Waals surface area contributed by atoms with Crippen molar-refractivity contribution >= 4 is 40.8 Å². The molecule has 1 aromatic rings. The molecule has 2 heterocycles. The van der Waals surface area contributed by atoms with E-state index in [4.69, 9.17) is 16.3 Å². The molecule has 0 bridgehead atoms. The quantitative estimate of drug-likeness (QED) is 0.457. The summed E-state index contributed by atoms with van der Waals surface area (Å²) in [5.41, 5.74) is -0.0332. The molecule has 9 nitrogen and oxygen atoms in total. The lowest BCUT2D eigenvalue weighted by molar-refractivity contribution is -0.136. The number of benzene rings is 1. The minimum absolute atomic E-state index is 0.0623. The monoisotopic (exact) mass is 350 g/mol. The highest BCUT2D eigenvalue weighted by atomic mass is 35.5. The molecule has 0 radical (unpaired) electrons. The Balaban J connectivity index is 2.00. The topological polar surface area (TPSA) is 109 Å². The van der Waals surface area contributed by atoms with Crippen molar-refractivity contribution in [1.29, 1.82) is 0 Å². The van der Waals surface area contributed by atoms with Gasteiger partial charge in [-0.05, 0) is 31.2 Å². The normalized spacial score (nSPS) is 22.5. The number of hydrogen-bond acceptors (Lipinski definition) is 7. The standard InChI is InChI=1S/C14H11ClN4O5/c1-2-24-14(22)10-9-11(19(16-10)17-23)13(21)18(12(9)20)8-5-3-7(15)4-6-8/h3-6,9,11H,2H2,1H3/t9-,11-/m0/s1. The van der Waals surface area contributed by atoms with E-state index in [1.807, 2.05) is 0 Å². The summed E-state index contributed by atoms with van der Waals surface area (Å²) in [6, 6.07) is 4.71. The van der Waals surface area contributed by atoms with Gasteiger partial charge in [0.25, 0.3) is 5.91 Å². The Morgan fingerprint density at radius 1 is 1.29 bits per heavy atom. The van der Waals surface area contributed by atoms with Gasteiger partial charge in [-0.2, -0.15) is 0 Å². The van der Waals surface area contributed by atoms with Crippen LogP contribution >= 0.6 is 11.6 Å². The number of halogens is 1. The summed E-state index contributed by atoms with van der Waals surface area (Å²) < 4.78 is 4.83. The molecule has 0 aromatic heterocycles. The smallest absolute Gasteiger partial charge is 0.355 e. The van der Waals surface area contributed by atoms with Crippen LogP contribution in [0.4, 0.5) is 5.69 Å². The Kier molecular flexibility index (Phi) is 4.02. The van der Waals surface area contributed by atoms with E-state index in [0.29, 0.717) is 10.1 Å². The highest BCUT2D eigenvalue weighted by Crippen LogP contribution is 2.35. The summed E-state index contributed by atoms with van der Waals surface area (Å²) in [4.78, 5) is 49.0. The summed E-state index contributed by atoms with van der Waals surface area (Å²) in [6.07, 6.45) is 0. The van der Waals surface area contributed by atoms with Crippen molar-refractivity contribution in [2.24, 2.45) is 16.3 Å². The third-order valence-electron chi connectivity index (χ3n) is 3.68. The summed E-state index contributed by atoms with van der Waals surface area (Å²) in [5, 5.41) is 7.24. The van der Waals surface area contributed by atoms with Gasteiger partial charge in [-0.15, -0.1) is 15.1 Å². The van der Waals surface area contributed by atoms with Gasteiger partial charge in [0.15, 0.2) is 11.8 Å². The largest absolute Gasteiger partial charge is 0.461 e. The maximum Gasteiger partial charge on any atom is 0.355 e. The number of anilines is 1. The second kappa shape index (κ2) is 6.00. The van der Waals surface area contributed by atoms with Crippen LogP contribution in [0.3, 0.4) is 0 Å². The minimum Gasteiger partial charge on any atom is -0.461 e. The molecule has 2 amide bonds. The second-order valence-corrected chi connectivity index (χ2v) is 5.45. The summed E-state index contributed by atoms with van der Waals surface area (Å²) >= 11 is 5.80. The number of carbonyl (C=O) groups is 3. The van der Waals surface area contributed by atoms with E-state index in [9.17, 15) is 19.3 Å². The van der Waals surface area contributed by atoms with Crippen LogP contribution in [-0.2, 0) is 19.1 Å². The van der Waals surface area contributed by atoms with E-state index in [1.165, 1.54) is 24.3 Å². The van der Waals surface area contributed by atoms with E-state index in [0.717, 1.165) is 4.90 Å². The molecule has 1 saturated heterocycles. The Morgan fingerprint density at radius 2 is 1.96 bits per heavy atom. The maximum absolute atomic E-state index is 12.7. The van der Waals surface area contributed by atoms with Crippen LogP contribution in [0.15, 0.2) is 34.7 Å². The number of fused-ring (bicyclic) bond motifs is 1. The van der Waals surface area contributed by atoms with Crippen LogP contribution in [0.25, 0.3) is 0 Å². The second-order valence-electron chi connectivity index (χ2n) is 5.02. The number of nitrogens with zero attached hydrogens (tertiary/aromatic N) is 4. The van der Waals surface area contributed by atoms with Gasteiger partial charge < -0.3 is 4.74 Å². The fraction of sp³-hybridized carbons (Fsp3) is 0.286. The van der Waals surface area contributed by atoms with Gasteiger partial charge in [-0.1, -0.05) is 11.6 Å². The SMILES string of the molecule is CCOC(=O)C1=NN(N=O)[C@@H]2C(=O)N(c3ccc(Cl)cc3)C(=O)[C@@H]12. The van der Waals surface area contributed by atoms with E-state index >= 15 is 0 Å². The number of amides is 2. The zero-order chi connectivity index (χ0) is 17.4. The third-order valence-corrected chi connectivity index (χ3v) is 3.93. The Bertz CT molecular complexity index is 763. The van der Waals surface area contributed by atoms with Crippen LogP contribution in [0, 0.1) is 10.8 Å². The van der Waals surface area contributed by atoms with Crippen LogP contribution in [-0.4, -0.2) is 41.3 Å². The van der Waals surface area contributed by atoms with Crippen molar-refractivity contribution < 1.29 is 19.1 Å². The number of esters is 1. The molecule has 1 fully saturated rings. The highest BCUT2D eigenvalue weighted by molar-refractivity contribution is 6.46. The predicted octanol–water partition coefficient (Wildman–Crippen LogP) is 1.11. The Hall–Kier alpha value is -2.81. The van der Waals surface area contributed by atoms with Crippen LogP contribution in [0.5, 0.6) is 0 Å². The van der Waals surface area contributed by atoms with E-state index in [1.54, 1.807) is 6.92 Å². The molecule has 0 spiro atoms. The van der Waals surface area contributed by atoms with Crippen molar-refractivity contribution in [2.75, 3.05) is 11.5 Å². The number of carbonyl (C=O) groups excluding carboxylic acids is 3. The lowest BCUT2D eigenvalue weighted by Gasteiger charge is -2.16. The number of hydrogen-bond donors (Lipinski definition) is 0. The minimum atomic E-state index is -1.29. The molecule has 3 rings (SSSR count). The molecule has 1 aromatic carbocycles. The number of nitroso groups, excluding NO2 is 1. The van der Waals surface area contributed by atoms with Crippen LogP contribution < -0.4 is 4.90 Å². The first-order valence-electron chi connectivity index (χ1n) is 7.01. The number of imide groups is 1. The van der Waals surface area contributed by atoms with Crippen LogP contribution in [0.1, 0.15) is 6.92 Å². The first-order chi connectivity index (χ1) is 11.5. The average Bonchev–Trinajstić information content (AvgIpc) is 3.07. The van der Waals surface area contributed by atoms with Gasteiger partial charge in [-0.25, -0.2) is 9.69 Å². The lowest BCUT2D eigenvalue weighted by Crippen LogP contribution is -2.36. The van der Waals surface area contributed by atoms with Gasteiger partial charge >= 0.3 is 5.97 Å². The van der Waals surface area contributed by atoms with Crippen molar-refractivity contribution in [1.82, 2.24) is 5.12 Å². The first-order valence-corrected chi connectivity index (χ1v) is 7.39. The molecule has 124 valence electrons. The maximum atomic E-state index is 12.7. The number of ether oxygens (including phenoxy) is 1. The Labute approximate surface area is 140 Å². The van der Waals surface area contributed by atoms with Crippen molar-refractivity contribution in [3.63, 3.8) is 0 Å². The third kappa shape index (κ3) is 2.33. The van der Waals surface area contributed by atoms with E-state index in [2.05, 4.69) is 10.4 Å². The molecule has 0 N–H and O–H groups in total. The van der Waals surface area contributed by atoms with Crippen LogP contribution in [0.2, 0.25) is 5.02 Å². The highest BCUT2D eigenvalue weighted by Gasteiger charge is 2.59. The zero-order valence-electron chi connectivity index (χ0n) is 12.4. The molecule has 2 aliphatic rings. The molecule has 2 aliphatic heterocycles. The van der Waals surface area contributed by atoms with Crippen molar-refractivity contribution in [3.05, 3.63) is 34.2 Å².